The molecule has 2 bridgehead atoms. The summed E-state index contributed by atoms with van der Waals surface area (Å²) < 4.78 is 20.3. The predicted octanol–water partition coefficient (Wildman–Crippen LogP) is 6.71. The van der Waals surface area contributed by atoms with E-state index in [0.29, 0.717) is 17.4 Å². The molecule has 3 aliphatic rings. The minimum atomic E-state index is -2.89. The molecule has 1 N–H and O–H groups in total. The van der Waals surface area contributed by atoms with Crippen LogP contribution in [0.3, 0.4) is 0 Å². The molecule has 0 aromatic heterocycles. The Morgan fingerprint density at radius 1 is 0.897 bits per heavy atom. The van der Waals surface area contributed by atoms with Gasteiger partial charge in [0.1, 0.15) is 11.5 Å². The molecule has 2 aromatic rings. The van der Waals surface area contributed by atoms with E-state index in [-0.39, 0.29) is 6.04 Å². The SMILES string of the molecule is C[C@@H](NP1(=O)C=C(c2ccccc2)OC(c2ccccc2)=C1)[C@H]1C[C@@H]2CC[C@H]1C2. The largest absolute Gasteiger partial charge is 0.456 e. The fourth-order valence-electron chi connectivity index (χ4n) is 5.42. The van der Waals surface area contributed by atoms with Crippen molar-refractivity contribution in [2.45, 2.75) is 38.6 Å². The van der Waals surface area contributed by atoms with E-state index in [2.05, 4.69) is 12.0 Å². The Morgan fingerprint density at radius 2 is 1.48 bits per heavy atom. The summed E-state index contributed by atoms with van der Waals surface area (Å²) in [5, 5.41) is 3.54. The fraction of sp³-hybridized carbons (Fsp3) is 0.360. The maximum atomic E-state index is 14.0. The Balaban J connectivity index is 1.47. The number of hydrogen-bond acceptors (Lipinski definition) is 2. The molecule has 29 heavy (non-hydrogen) atoms. The van der Waals surface area contributed by atoms with Crippen LogP contribution in [0.5, 0.6) is 0 Å². The predicted molar refractivity (Wildman–Crippen MR) is 119 cm³/mol. The maximum absolute atomic E-state index is 14.0. The monoisotopic (exact) mass is 405 g/mol. The first kappa shape index (κ1) is 18.9. The molecule has 0 amide bonds. The fourth-order valence-corrected chi connectivity index (χ4v) is 7.58. The van der Waals surface area contributed by atoms with Crippen LogP contribution in [0, 0.1) is 17.8 Å². The number of hydrogen-bond donors (Lipinski definition) is 1. The summed E-state index contributed by atoms with van der Waals surface area (Å²) in [5.74, 6) is 7.29. The first-order valence-electron chi connectivity index (χ1n) is 10.7. The van der Waals surface area contributed by atoms with Gasteiger partial charge in [-0.3, -0.25) is 9.65 Å². The Kier molecular flexibility index (Phi) is 4.97. The highest BCUT2D eigenvalue weighted by Crippen LogP contribution is 2.56. The number of fused-ring (bicyclic) bond motifs is 2. The van der Waals surface area contributed by atoms with Crippen molar-refractivity contribution in [3.8, 4) is 0 Å². The van der Waals surface area contributed by atoms with Gasteiger partial charge in [0.2, 0.25) is 0 Å². The van der Waals surface area contributed by atoms with E-state index < -0.39 is 7.29 Å². The number of rotatable bonds is 5. The molecule has 4 atom stereocenters. The molecule has 0 saturated heterocycles. The first-order chi connectivity index (χ1) is 14.1. The minimum Gasteiger partial charge on any atom is -0.456 e. The smallest absolute Gasteiger partial charge is 0.198 e. The second-order valence-corrected chi connectivity index (χ2v) is 11.0. The molecule has 1 aliphatic heterocycles. The quantitative estimate of drug-likeness (QED) is 0.562. The first-order valence-corrected chi connectivity index (χ1v) is 12.6. The highest BCUT2D eigenvalue weighted by molar-refractivity contribution is 7.68. The molecule has 1 heterocycles. The molecular formula is C25H28NO2P. The van der Waals surface area contributed by atoms with Crippen molar-refractivity contribution in [2.75, 3.05) is 0 Å². The third-order valence-corrected chi connectivity index (χ3v) is 8.84. The van der Waals surface area contributed by atoms with Crippen molar-refractivity contribution in [3.05, 3.63) is 83.4 Å². The molecular weight excluding hydrogens is 377 g/mol. The lowest BCUT2D eigenvalue weighted by Gasteiger charge is -2.32. The van der Waals surface area contributed by atoms with Gasteiger partial charge in [-0.15, -0.1) is 0 Å². The van der Waals surface area contributed by atoms with Gasteiger partial charge < -0.3 is 4.74 Å². The summed E-state index contributed by atoms with van der Waals surface area (Å²) in [4.78, 5) is 0. The van der Waals surface area contributed by atoms with Crippen LogP contribution in [0.4, 0.5) is 0 Å². The van der Waals surface area contributed by atoms with Crippen LogP contribution in [0.1, 0.15) is 43.7 Å². The molecule has 150 valence electrons. The lowest BCUT2D eigenvalue weighted by atomic mass is 9.84. The summed E-state index contributed by atoms with van der Waals surface area (Å²) >= 11 is 0. The van der Waals surface area contributed by atoms with E-state index in [1.807, 2.05) is 72.3 Å². The van der Waals surface area contributed by atoms with Crippen LogP contribution in [-0.2, 0) is 9.30 Å². The lowest BCUT2D eigenvalue weighted by Crippen LogP contribution is -2.34. The second-order valence-electron chi connectivity index (χ2n) is 8.79. The summed E-state index contributed by atoms with van der Waals surface area (Å²) in [6.07, 6.45) is 5.36. The molecule has 5 rings (SSSR count). The van der Waals surface area contributed by atoms with Crippen LogP contribution in [0.25, 0.3) is 11.5 Å². The van der Waals surface area contributed by atoms with Gasteiger partial charge in [-0.2, -0.15) is 0 Å². The summed E-state index contributed by atoms with van der Waals surface area (Å²) in [5.41, 5.74) is 1.90. The average molecular weight is 405 g/mol. The lowest BCUT2D eigenvalue weighted by molar-refractivity contribution is 0.280. The maximum Gasteiger partial charge on any atom is 0.198 e. The number of ether oxygens (including phenoxy) is 1. The zero-order valence-corrected chi connectivity index (χ0v) is 17.7. The molecule has 0 unspecified atom stereocenters. The van der Waals surface area contributed by atoms with Crippen LogP contribution >= 0.6 is 7.29 Å². The molecule has 0 radical (unpaired) electrons. The van der Waals surface area contributed by atoms with Crippen LogP contribution in [-0.4, -0.2) is 6.04 Å². The minimum absolute atomic E-state index is 0.232. The van der Waals surface area contributed by atoms with Crippen molar-refractivity contribution in [1.29, 1.82) is 0 Å². The van der Waals surface area contributed by atoms with Crippen LogP contribution in [0.15, 0.2) is 72.3 Å². The molecule has 2 fully saturated rings. The Hall–Kier alpha value is -2.09. The third-order valence-electron chi connectivity index (χ3n) is 6.80. The third kappa shape index (κ3) is 3.86. The van der Waals surface area contributed by atoms with E-state index in [1.54, 1.807) is 0 Å². The van der Waals surface area contributed by atoms with E-state index in [1.165, 1.54) is 25.7 Å². The molecule has 0 spiro atoms. The van der Waals surface area contributed by atoms with Gasteiger partial charge in [-0.25, -0.2) is 0 Å². The number of nitrogens with one attached hydrogen (secondary N) is 1. The molecule has 4 heteroatoms. The highest BCUT2D eigenvalue weighted by atomic mass is 31.2. The average Bonchev–Trinajstić information content (AvgIpc) is 3.38. The van der Waals surface area contributed by atoms with E-state index in [0.717, 1.165) is 23.0 Å². The van der Waals surface area contributed by atoms with E-state index in [9.17, 15) is 4.57 Å². The van der Waals surface area contributed by atoms with Gasteiger partial charge in [0, 0.05) is 28.8 Å². The zero-order valence-electron chi connectivity index (χ0n) is 16.8. The Labute approximate surface area is 173 Å². The normalized spacial score (nSPS) is 28.4. The van der Waals surface area contributed by atoms with Crippen molar-refractivity contribution in [2.24, 2.45) is 17.8 Å². The van der Waals surface area contributed by atoms with Crippen molar-refractivity contribution in [1.82, 2.24) is 5.09 Å². The summed E-state index contributed by atoms with van der Waals surface area (Å²) in [6, 6.07) is 20.1. The Morgan fingerprint density at radius 3 is 1.97 bits per heavy atom. The second kappa shape index (κ2) is 7.63. The van der Waals surface area contributed by atoms with E-state index >= 15 is 0 Å². The van der Waals surface area contributed by atoms with Crippen LogP contribution in [0.2, 0.25) is 0 Å². The van der Waals surface area contributed by atoms with E-state index in [4.69, 9.17) is 4.74 Å². The van der Waals surface area contributed by atoms with Gasteiger partial charge in [-0.1, -0.05) is 67.1 Å². The molecule has 2 saturated carbocycles. The van der Waals surface area contributed by atoms with Crippen molar-refractivity contribution in [3.63, 3.8) is 0 Å². The van der Waals surface area contributed by atoms with Gasteiger partial charge >= 0.3 is 0 Å². The molecule has 2 aliphatic carbocycles. The van der Waals surface area contributed by atoms with Gasteiger partial charge in [0.05, 0.1) is 0 Å². The number of benzene rings is 2. The van der Waals surface area contributed by atoms with Crippen LogP contribution < -0.4 is 5.09 Å². The van der Waals surface area contributed by atoms with Crippen molar-refractivity contribution < 1.29 is 9.30 Å². The topological polar surface area (TPSA) is 38.3 Å². The zero-order chi connectivity index (χ0) is 19.8. The van der Waals surface area contributed by atoms with Crippen molar-refractivity contribution >= 4 is 18.8 Å². The standard InChI is InChI=1S/C25H28NO2P/c1-18(23-15-19-12-13-22(23)14-19)26-29(27)16-24(20-8-4-2-5-9-20)28-25(17-29)21-10-6-3-7-11-21/h2-11,16-19,22-23H,12-15H2,1H3,(H,26,27)/t18-,19-,22+,23-/m1/s1. The van der Waals surface area contributed by atoms with Gasteiger partial charge in [-0.05, 0) is 43.9 Å². The molecule has 3 nitrogen and oxygen atoms in total. The highest BCUT2D eigenvalue weighted by Gasteiger charge is 2.43. The van der Waals surface area contributed by atoms with Gasteiger partial charge in [0.15, 0.2) is 7.29 Å². The molecule has 2 aromatic carbocycles. The summed E-state index contributed by atoms with van der Waals surface area (Å²) in [6.45, 7) is 2.21. The Bertz CT molecular complexity index is 923. The van der Waals surface area contributed by atoms with Gasteiger partial charge in [0.25, 0.3) is 0 Å². The summed E-state index contributed by atoms with van der Waals surface area (Å²) in [7, 11) is -2.89.